The summed E-state index contributed by atoms with van der Waals surface area (Å²) in [6, 6.07) is 9.74. The molecule has 0 aliphatic rings. The lowest BCUT2D eigenvalue weighted by Crippen LogP contribution is -2.04. The van der Waals surface area contributed by atoms with Gasteiger partial charge in [0.2, 0.25) is 0 Å². The first-order valence-corrected chi connectivity index (χ1v) is 6.27. The van der Waals surface area contributed by atoms with E-state index in [1.54, 1.807) is 6.08 Å². The summed E-state index contributed by atoms with van der Waals surface area (Å²) in [4.78, 5) is 21.6. The predicted molar refractivity (Wildman–Crippen MR) is 72.5 cm³/mol. The maximum atomic E-state index is 11.3. The molecule has 19 heavy (non-hydrogen) atoms. The molecule has 4 nitrogen and oxygen atoms in total. The van der Waals surface area contributed by atoms with Crippen molar-refractivity contribution in [3.8, 4) is 0 Å². The van der Waals surface area contributed by atoms with Crippen LogP contribution in [0.1, 0.15) is 31.2 Å². The van der Waals surface area contributed by atoms with Gasteiger partial charge in [-0.05, 0) is 24.5 Å². The van der Waals surface area contributed by atoms with Crippen molar-refractivity contribution in [2.45, 2.75) is 25.7 Å². The second-order valence-electron chi connectivity index (χ2n) is 4.10. The Hall–Kier alpha value is -2.10. The molecule has 0 atom stereocenters. The Kier molecular flexibility index (Phi) is 7.02. The zero-order valence-corrected chi connectivity index (χ0v) is 10.7. The van der Waals surface area contributed by atoms with Gasteiger partial charge in [0.25, 0.3) is 0 Å². The van der Waals surface area contributed by atoms with Crippen molar-refractivity contribution in [3.63, 3.8) is 0 Å². The van der Waals surface area contributed by atoms with Gasteiger partial charge >= 0.3 is 11.9 Å². The first-order valence-electron chi connectivity index (χ1n) is 6.27. The van der Waals surface area contributed by atoms with Crippen LogP contribution in [0.15, 0.2) is 36.4 Å². The summed E-state index contributed by atoms with van der Waals surface area (Å²) < 4.78 is 5.00. The van der Waals surface area contributed by atoms with E-state index in [1.165, 1.54) is 0 Å². The van der Waals surface area contributed by atoms with Crippen LogP contribution in [-0.2, 0) is 14.3 Å². The molecule has 0 saturated carbocycles. The van der Waals surface area contributed by atoms with Gasteiger partial charge in [-0.1, -0.05) is 36.4 Å². The van der Waals surface area contributed by atoms with Crippen LogP contribution >= 0.6 is 0 Å². The van der Waals surface area contributed by atoms with E-state index in [4.69, 9.17) is 9.84 Å². The second kappa shape index (κ2) is 8.91. The molecule has 0 unspecified atom stereocenters. The summed E-state index contributed by atoms with van der Waals surface area (Å²) in [5, 5.41) is 8.43. The van der Waals surface area contributed by atoms with E-state index < -0.39 is 5.97 Å². The standard InChI is InChI=1S/C15H18O4/c16-14(17)10-4-5-11-15(18)19-12-6-9-13-7-2-1-3-8-13/h1-3,6-9H,4-5,10-12H2,(H,16,17). The van der Waals surface area contributed by atoms with Crippen LogP contribution in [0.4, 0.5) is 0 Å². The molecule has 0 radical (unpaired) electrons. The van der Waals surface area contributed by atoms with E-state index in [0.29, 0.717) is 12.8 Å². The summed E-state index contributed by atoms with van der Waals surface area (Å²) in [5.74, 6) is -1.12. The zero-order chi connectivity index (χ0) is 13.9. The SMILES string of the molecule is O=C(O)CCCCC(=O)OCC=Cc1ccccc1. The van der Waals surface area contributed by atoms with Gasteiger partial charge < -0.3 is 9.84 Å². The molecule has 0 saturated heterocycles. The average molecular weight is 262 g/mol. The summed E-state index contributed by atoms with van der Waals surface area (Å²) in [5.41, 5.74) is 1.06. The van der Waals surface area contributed by atoms with Crippen molar-refractivity contribution >= 4 is 18.0 Å². The third-order valence-corrected chi connectivity index (χ3v) is 2.47. The average Bonchev–Trinajstić information content (AvgIpc) is 2.41. The minimum atomic E-state index is -0.834. The Bertz CT molecular complexity index is 423. The number of ether oxygens (including phenoxy) is 1. The molecule has 1 aromatic rings. The summed E-state index contributed by atoms with van der Waals surface area (Å²) >= 11 is 0. The molecule has 4 heteroatoms. The Balaban J connectivity index is 2.10. The lowest BCUT2D eigenvalue weighted by atomic mass is 10.2. The monoisotopic (exact) mass is 262 g/mol. The van der Waals surface area contributed by atoms with Crippen LogP contribution in [0.5, 0.6) is 0 Å². The van der Waals surface area contributed by atoms with Gasteiger partial charge in [-0.15, -0.1) is 0 Å². The highest BCUT2D eigenvalue weighted by molar-refractivity contribution is 5.70. The van der Waals surface area contributed by atoms with Crippen LogP contribution in [0.25, 0.3) is 6.08 Å². The van der Waals surface area contributed by atoms with E-state index >= 15 is 0 Å². The lowest BCUT2D eigenvalue weighted by molar-refractivity contribution is -0.143. The maximum absolute atomic E-state index is 11.3. The van der Waals surface area contributed by atoms with E-state index in [-0.39, 0.29) is 25.4 Å². The number of carboxylic acids is 1. The number of rotatable bonds is 8. The van der Waals surface area contributed by atoms with Crippen LogP contribution < -0.4 is 0 Å². The first kappa shape index (κ1) is 15.0. The number of carbonyl (C=O) groups is 2. The highest BCUT2D eigenvalue weighted by Gasteiger charge is 2.02. The molecular weight excluding hydrogens is 244 g/mol. The number of benzene rings is 1. The van der Waals surface area contributed by atoms with E-state index in [0.717, 1.165) is 5.56 Å². The summed E-state index contributed by atoms with van der Waals surface area (Å²) in [7, 11) is 0. The van der Waals surface area contributed by atoms with Gasteiger partial charge in [0.1, 0.15) is 6.61 Å². The smallest absolute Gasteiger partial charge is 0.306 e. The molecule has 0 fully saturated rings. The molecule has 1 rings (SSSR count). The van der Waals surface area contributed by atoms with Gasteiger partial charge in [0.05, 0.1) is 0 Å². The van der Waals surface area contributed by atoms with Gasteiger partial charge in [0, 0.05) is 12.8 Å². The highest BCUT2D eigenvalue weighted by atomic mass is 16.5. The van der Waals surface area contributed by atoms with Crippen molar-refractivity contribution in [3.05, 3.63) is 42.0 Å². The molecule has 102 valence electrons. The largest absolute Gasteiger partial charge is 0.481 e. The third-order valence-electron chi connectivity index (χ3n) is 2.47. The van der Waals surface area contributed by atoms with Crippen molar-refractivity contribution < 1.29 is 19.4 Å². The maximum Gasteiger partial charge on any atom is 0.306 e. The fourth-order valence-corrected chi connectivity index (χ4v) is 1.51. The number of unbranched alkanes of at least 4 members (excludes halogenated alkanes) is 1. The van der Waals surface area contributed by atoms with Gasteiger partial charge in [-0.25, -0.2) is 0 Å². The minimum absolute atomic E-state index is 0.0984. The van der Waals surface area contributed by atoms with Crippen molar-refractivity contribution in [2.24, 2.45) is 0 Å². The molecule has 1 N–H and O–H groups in total. The molecule has 0 aliphatic carbocycles. The van der Waals surface area contributed by atoms with Crippen molar-refractivity contribution in [2.75, 3.05) is 6.61 Å². The van der Waals surface area contributed by atoms with Crippen molar-refractivity contribution in [1.82, 2.24) is 0 Å². The zero-order valence-electron chi connectivity index (χ0n) is 10.7. The van der Waals surface area contributed by atoms with Crippen LogP contribution in [0, 0.1) is 0 Å². The normalized spacial score (nSPS) is 10.5. The fourth-order valence-electron chi connectivity index (χ4n) is 1.51. The summed E-state index contributed by atoms with van der Waals surface area (Å²) in [6.07, 6.45) is 5.09. The van der Waals surface area contributed by atoms with Crippen molar-refractivity contribution in [1.29, 1.82) is 0 Å². The van der Waals surface area contributed by atoms with Crippen LogP contribution in [0.2, 0.25) is 0 Å². The Morgan fingerprint density at radius 1 is 1.11 bits per heavy atom. The fraction of sp³-hybridized carbons (Fsp3) is 0.333. The van der Waals surface area contributed by atoms with E-state index in [2.05, 4.69) is 0 Å². The topological polar surface area (TPSA) is 63.6 Å². The van der Waals surface area contributed by atoms with Gasteiger partial charge in [-0.3, -0.25) is 9.59 Å². The Morgan fingerprint density at radius 3 is 2.47 bits per heavy atom. The van der Waals surface area contributed by atoms with E-state index in [1.807, 2.05) is 36.4 Å². The number of hydrogen-bond acceptors (Lipinski definition) is 3. The van der Waals surface area contributed by atoms with Gasteiger partial charge in [-0.2, -0.15) is 0 Å². The molecule has 1 aromatic carbocycles. The number of aliphatic carboxylic acids is 1. The van der Waals surface area contributed by atoms with Crippen LogP contribution in [-0.4, -0.2) is 23.7 Å². The molecule has 0 aromatic heterocycles. The molecule has 0 bridgehead atoms. The first-order chi connectivity index (χ1) is 9.18. The lowest BCUT2D eigenvalue weighted by Gasteiger charge is -2.01. The van der Waals surface area contributed by atoms with Crippen LogP contribution in [0.3, 0.4) is 0 Å². The quantitative estimate of drug-likeness (QED) is 0.578. The third kappa shape index (κ3) is 7.76. The number of carbonyl (C=O) groups excluding carboxylic acids is 1. The molecule has 0 heterocycles. The molecule has 0 spiro atoms. The number of carboxylic acid groups (broad SMARTS) is 1. The summed E-state index contributed by atoms with van der Waals surface area (Å²) in [6.45, 7) is 0.243. The Morgan fingerprint density at radius 2 is 1.79 bits per heavy atom. The number of esters is 1. The van der Waals surface area contributed by atoms with E-state index in [9.17, 15) is 9.59 Å². The molecule has 0 aliphatic heterocycles. The Labute approximate surface area is 112 Å². The predicted octanol–water partition coefficient (Wildman–Crippen LogP) is 2.89. The minimum Gasteiger partial charge on any atom is -0.481 e. The second-order valence-corrected chi connectivity index (χ2v) is 4.10. The molecule has 0 amide bonds. The number of hydrogen-bond donors (Lipinski definition) is 1. The molecular formula is C15H18O4. The van der Waals surface area contributed by atoms with Gasteiger partial charge in [0.15, 0.2) is 0 Å². The highest BCUT2D eigenvalue weighted by Crippen LogP contribution is 2.03.